The van der Waals surface area contributed by atoms with Crippen LogP contribution in [0.2, 0.25) is 0 Å². The topological polar surface area (TPSA) is 107 Å². The molecule has 4 unspecified atom stereocenters. The fraction of sp³-hybridized carbons (Fsp3) is 0.435. The molecule has 2 aromatic rings. The lowest BCUT2D eigenvalue weighted by molar-refractivity contribution is -0.0629. The predicted octanol–water partition coefficient (Wildman–Crippen LogP) is 1.51. The van der Waals surface area contributed by atoms with Crippen LogP contribution in [-0.2, 0) is 24.0 Å². The lowest BCUT2D eigenvalue weighted by Crippen LogP contribution is -2.40. The lowest BCUT2D eigenvalue weighted by atomic mass is 9.91. The van der Waals surface area contributed by atoms with Gasteiger partial charge in [-0.25, -0.2) is 4.79 Å². The second-order valence-electron chi connectivity index (χ2n) is 7.38. The van der Waals surface area contributed by atoms with Gasteiger partial charge in [0.1, 0.15) is 0 Å². The molecule has 2 rings (SSSR count). The van der Waals surface area contributed by atoms with Crippen molar-refractivity contribution in [2.45, 2.75) is 44.5 Å². The first-order valence-corrected chi connectivity index (χ1v) is 9.75. The van der Waals surface area contributed by atoms with Gasteiger partial charge in [0.25, 0.3) is 0 Å². The van der Waals surface area contributed by atoms with Crippen LogP contribution in [0.4, 0.5) is 0 Å². The summed E-state index contributed by atoms with van der Waals surface area (Å²) in [4.78, 5) is 11.7. The van der Waals surface area contributed by atoms with E-state index < -0.39 is 30.8 Å². The number of aliphatic hydroxyl groups excluding tert-OH is 4. The maximum Gasteiger partial charge on any atom is 0.337 e. The molecule has 0 spiro atoms. The van der Waals surface area contributed by atoms with E-state index in [4.69, 9.17) is 9.84 Å². The number of rotatable bonds is 10. The summed E-state index contributed by atoms with van der Waals surface area (Å²) in [6.07, 6.45) is -1.50. The van der Waals surface area contributed by atoms with Gasteiger partial charge in [0, 0.05) is 12.3 Å². The Hall–Kier alpha value is -2.25. The van der Waals surface area contributed by atoms with Crippen LogP contribution in [0.3, 0.4) is 0 Å². The molecule has 6 nitrogen and oxygen atoms in total. The first-order valence-electron chi connectivity index (χ1n) is 9.75. The summed E-state index contributed by atoms with van der Waals surface area (Å²) < 4.78 is 4.75. The van der Waals surface area contributed by atoms with Crippen LogP contribution in [0, 0.1) is 5.92 Å². The molecule has 0 aliphatic rings. The van der Waals surface area contributed by atoms with Gasteiger partial charge < -0.3 is 25.2 Å². The Morgan fingerprint density at radius 2 is 1.52 bits per heavy atom. The van der Waals surface area contributed by atoms with Crippen LogP contribution in [0.25, 0.3) is 0 Å². The van der Waals surface area contributed by atoms with E-state index in [9.17, 15) is 20.1 Å². The minimum Gasteiger partial charge on any atom is -0.465 e. The summed E-state index contributed by atoms with van der Waals surface area (Å²) >= 11 is 0. The second-order valence-corrected chi connectivity index (χ2v) is 7.38. The zero-order valence-corrected chi connectivity index (χ0v) is 16.9. The van der Waals surface area contributed by atoms with E-state index in [0.29, 0.717) is 5.56 Å². The number of benzene rings is 2. The Kier molecular flexibility index (Phi) is 8.79. The number of carbonyl (C=O) groups is 1. The molecule has 4 N–H and O–H groups in total. The maximum absolute atomic E-state index is 11.7. The summed E-state index contributed by atoms with van der Waals surface area (Å²) in [5, 5.41) is 39.2. The highest BCUT2D eigenvalue weighted by Gasteiger charge is 2.28. The maximum atomic E-state index is 11.7. The van der Waals surface area contributed by atoms with Gasteiger partial charge in [-0.2, -0.15) is 0 Å². The van der Waals surface area contributed by atoms with Gasteiger partial charge in [-0.3, -0.25) is 0 Å². The van der Waals surface area contributed by atoms with Gasteiger partial charge in [0.2, 0.25) is 0 Å². The van der Waals surface area contributed by atoms with E-state index in [1.807, 2.05) is 42.5 Å². The number of aryl methyl sites for hydroxylation is 2. The Labute approximate surface area is 171 Å². The molecule has 2 aromatic carbocycles. The third kappa shape index (κ3) is 6.65. The molecule has 0 bridgehead atoms. The normalized spacial score (nSPS) is 15.4. The number of methoxy groups -OCH3 is 1. The van der Waals surface area contributed by atoms with Crippen molar-refractivity contribution in [3.05, 3.63) is 70.8 Å². The zero-order chi connectivity index (χ0) is 21.4. The molecule has 0 amide bonds. The molecule has 4 atom stereocenters. The van der Waals surface area contributed by atoms with Gasteiger partial charge in [0.15, 0.2) is 0 Å². The van der Waals surface area contributed by atoms with Crippen molar-refractivity contribution < 1.29 is 30.0 Å². The van der Waals surface area contributed by atoms with Crippen LogP contribution >= 0.6 is 0 Å². The van der Waals surface area contributed by atoms with Crippen LogP contribution in [0.5, 0.6) is 0 Å². The third-order valence-electron chi connectivity index (χ3n) is 5.21. The molecule has 0 aliphatic carbocycles. The van der Waals surface area contributed by atoms with Gasteiger partial charge in [-0.15, -0.1) is 0 Å². The minimum absolute atomic E-state index is 0.245. The Bertz CT molecular complexity index is 790. The fourth-order valence-corrected chi connectivity index (χ4v) is 3.28. The zero-order valence-electron chi connectivity index (χ0n) is 16.9. The van der Waals surface area contributed by atoms with Gasteiger partial charge in [0.05, 0.1) is 37.6 Å². The number of ether oxygens (including phenoxy) is 1. The Morgan fingerprint density at radius 1 is 0.931 bits per heavy atom. The largest absolute Gasteiger partial charge is 0.465 e. The molecule has 6 heteroatoms. The second kappa shape index (κ2) is 11.1. The first kappa shape index (κ1) is 23.0. The summed E-state index contributed by atoms with van der Waals surface area (Å²) in [5.41, 5.74) is 3.51. The van der Waals surface area contributed by atoms with Gasteiger partial charge >= 0.3 is 5.97 Å². The molecule has 0 aromatic heterocycles. The van der Waals surface area contributed by atoms with Crippen LogP contribution < -0.4 is 0 Å². The van der Waals surface area contributed by atoms with E-state index in [0.717, 1.165) is 29.5 Å². The van der Waals surface area contributed by atoms with Crippen molar-refractivity contribution in [3.63, 3.8) is 0 Å². The van der Waals surface area contributed by atoms with Crippen molar-refractivity contribution in [2.24, 2.45) is 5.92 Å². The highest BCUT2D eigenvalue weighted by Crippen LogP contribution is 2.17. The number of hydrogen-bond donors (Lipinski definition) is 4. The van der Waals surface area contributed by atoms with E-state index in [-0.39, 0.29) is 12.4 Å². The Morgan fingerprint density at radius 3 is 2.14 bits per heavy atom. The number of hydrogen-bond acceptors (Lipinski definition) is 6. The van der Waals surface area contributed by atoms with Crippen molar-refractivity contribution in [2.75, 3.05) is 13.7 Å². The molecule has 0 aliphatic heterocycles. The summed E-state index contributed by atoms with van der Waals surface area (Å²) in [7, 11) is 1.36. The van der Waals surface area contributed by atoms with Crippen LogP contribution in [-0.4, -0.2) is 58.4 Å². The molecule has 29 heavy (non-hydrogen) atoms. The number of aliphatic hydroxyl groups is 4. The monoisotopic (exact) mass is 402 g/mol. The van der Waals surface area contributed by atoms with E-state index in [1.54, 1.807) is 13.0 Å². The lowest BCUT2D eigenvalue weighted by Gasteiger charge is -2.26. The van der Waals surface area contributed by atoms with Gasteiger partial charge in [-0.05, 0) is 41.7 Å². The third-order valence-corrected chi connectivity index (χ3v) is 5.21. The minimum atomic E-state index is -1.14. The first-order chi connectivity index (χ1) is 13.8. The quantitative estimate of drug-likeness (QED) is 0.449. The predicted molar refractivity (Wildman–Crippen MR) is 110 cm³/mol. The van der Waals surface area contributed by atoms with E-state index >= 15 is 0 Å². The van der Waals surface area contributed by atoms with Crippen molar-refractivity contribution in [3.8, 4) is 0 Å². The number of esters is 1. The molecular weight excluding hydrogens is 372 g/mol. The van der Waals surface area contributed by atoms with Crippen LogP contribution in [0.15, 0.2) is 48.5 Å². The molecule has 0 heterocycles. The van der Waals surface area contributed by atoms with Crippen molar-refractivity contribution >= 4 is 5.97 Å². The fourth-order valence-electron chi connectivity index (χ4n) is 3.28. The molecular formula is C23H30O6. The van der Waals surface area contributed by atoms with E-state index in [2.05, 4.69) is 0 Å². The average molecular weight is 402 g/mol. The highest BCUT2D eigenvalue weighted by molar-refractivity contribution is 5.89. The SMILES string of the molecule is COC(=O)c1cccc(CCc2cccc(CC(O)C(O)C(C)C(O)CO)c2)c1. The van der Waals surface area contributed by atoms with E-state index in [1.165, 1.54) is 7.11 Å². The molecule has 0 saturated carbocycles. The van der Waals surface area contributed by atoms with Gasteiger partial charge in [-0.1, -0.05) is 43.3 Å². The molecule has 0 radical (unpaired) electrons. The summed E-state index contributed by atoms with van der Waals surface area (Å²) in [6, 6.07) is 15.1. The van der Waals surface area contributed by atoms with Crippen LogP contribution in [0.1, 0.15) is 34.0 Å². The Balaban J connectivity index is 1.98. The summed E-state index contributed by atoms with van der Waals surface area (Å²) in [5.74, 6) is -0.998. The molecule has 0 saturated heterocycles. The standard InChI is InChI=1S/C23H30O6/c1-15(21(26)14-24)22(27)20(25)13-18-7-3-5-16(11-18)9-10-17-6-4-8-19(12-17)23(28)29-2/h3-8,11-12,15,20-22,24-27H,9-10,13-14H2,1-2H3. The van der Waals surface area contributed by atoms with Crippen molar-refractivity contribution in [1.82, 2.24) is 0 Å². The summed E-state index contributed by atoms with van der Waals surface area (Å²) in [6.45, 7) is 1.13. The smallest absolute Gasteiger partial charge is 0.337 e. The molecule has 0 fully saturated rings. The molecule has 158 valence electrons. The number of carbonyl (C=O) groups excluding carboxylic acids is 1. The highest BCUT2D eigenvalue weighted by atomic mass is 16.5. The van der Waals surface area contributed by atoms with Crippen molar-refractivity contribution in [1.29, 1.82) is 0 Å². The average Bonchev–Trinajstić information content (AvgIpc) is 2.75.